The maximum atomic E-state index is 12.1. The molecule has 24 heavy (non-hydrogen) atoms. The van der Waals surface area contributed by atoms with Crippen molar-refractivity contribution < 1.29 is 4.79 Å². The Morgan fingerprint density at radius 1 is 0.958 bits per heavy atom. The van der Waals surface area contributed by atoms with Crippen LogP contribution >= 0.6 is 22.7 Å². The van der Waals surface area contributed by atoms with Gasteiger partial charge in [0.2, 0.25) is 5.91 Å². The molecule has 0 spiro atoms. The number of thiophene rings is 2. The third kappa shape index (κ3) is 4.77. The Labute approximate surface area is 150 Å². The van der Waals surface area contributed by atoms with Gasteiger partial charge in [-0.15, -0.1) is 22.7 Å². The second-order valence-corrected chi connectivity index (χ2v) is 7.43. The number of hydrogen-bond donors (Lipinski definition) is 2. The molecule has 1 amide bonds. The highest BCUT2D eigenvalue weighted by molar-refractivity contribution is 7.10. The zero-order chi connectivity index (χ0) is 16.6. The van der Waals surface area contributed by atoms with Gasteiger partial charge in [-0.25, -0.2) is 0 Å². The van der Waals surface area contributed by atoms with Crippen molar-refractivity contribution in [3.8, 4) is 0 Å². The lowest BCUT2D eigenvalue weighted by molar-refractivity contribution is -0.120. The maximum absolute atomic E-state index is 12.1. The van der Waals surface area contributed by atoms with Crippen LogP contribution < -0.4 is 10.6 Å². The lowest BCUT2D eigenvalue weighted by atomic mass is 10.1. The highest BCUT2D eigenvalue weighted by Gasteiger charge is 2.15. The standard InChI is InChI=1S/C19H20N2OS2/c22-18(20-11-10-16-8-4-12-23-16)14-21-19(17-9-5-13-24-17)15-6-2-1-3-7-15/h1-9,12-13,19,21H,10-11,14H2,(H,20,22)/t19-/m0/s1. The van der Waals surface area contributed by atoms with Gasteiger partial charge in [-0.05, 0) is 34.9 Å². The summed E-state index contributed by atoms with van der Waals surface area (Å²) in [4.78, 5) is 14.6. The minimum Gasteiger partial charge on any atom is -0.355 e. The van der Waals surface area contributed by atoms with Crippen molar-refractivity contribution in [2.45, 2.75) is 12.5 Å². The van der Waals surface area contributed by atoms with Crippen LogP contribution in [0.2, 0.25) is 0 Å². The quantitative estimate of drug-likeness (QED) is 0.644. The van der Waals surface area contributed by atoms with E-state index in [0.29, 0.717) is 13.1 Å². The van der Waals surface area contributed by atoms with E-state index in [4.69, 9.17) is 0 Å². The lowest BCUT2D eigenvalue weighted by Gasteiger charge is -2.18. The van der Waals surface area contributed by atoms with Gasteiger partial charge >= 0.3 is 0 Å². The summed E-state index contributed by atoms with van der Waals surface area (Å²) in [7, 11) is 0. The fraction of sp³-hybridized carbons (Fsp3) is 0.211. The van der Waals surface area contributed by atoms with Crippen LogP contribution in [0.15, 0.2) is 65.4 Å². The van der Waals surface area contributed by atoms with Gasteiger partial charge in [-0.2, -0.15) is 0 Å². The molecular weight excluding hydrogens is 336 g/mol. The van der Waals surface area contributed by atoms with E-state index >= 15 is 0 Å². The molecular formula is C19H20N2OS2. The summed E-state index contributed by atoms with van der Waals surface area (Å²) in [5.74, 6) is 0.0315. The van der Waals surface area contributed by atoms with Crippen LogP contribution in [-0.4, -0.2) is 19.0 Å². The number of rotatable bonds is 8. The van der Waals surface area contributed by atoms with Crippen molar-refractivity contribution in [3.05, 3.63) is 80.7 Å². The van der Waals surface area contributed by atoms with Gasteiger partial charge in [0, 0.05) is 16.3 Å². The minimum atomic E-state index is 0.0315. The highest BCUT2D eigenvalue weighted by atomic mass is 32.1. The van der Waals surface area contributed by atoms with E-state index in [1.165, 1.54) is 15.3 Å². The van der Waals surface area contributed by atoms with Gasteiger partial charge in [0.15, 0.2) is 0 Å². The number of carbonyl (C=O) groups excluding carboxylic acids is 1. The number of hydrogen-bond acceptors (Lipinski definition) is 4. The summed E-state index contributed by atoms with van der Waals surface area (Å²) in [5, 5.41) is 10.5. The first-order valence-electron chi connectivity index (χ1n) is 7.94. The summed E-state index contributed by atoms with van der Waals surface area (Å²) in [6.07, 6.45) is 0.885. The molecule has 0 unspecified atom stereocenters. The minimum absolute atomic E-state index is 0.0315. The van der Waals surface area contributed by atoms with Crippen LogP contribution in [0.25, 0.3) is 0 Å². The first kappa shape index (κ1) is 16.9. The van der Waals surface area contributed by atoms with E-state index in [1.807, 2.05) is 30.3 Å². The van der Waals surface area contributed by atoms with E-state index in [2.05, 4.69) is 45.7 Å². The van der Waals surface area contributed by atoms with E-state index in [-0.39, 0.29) is 11.9 Å². The molecule has 1 atom stereocenters. The average Bonchev–Trinajstić information content (AvgIpc) is 3.30. The zero-order valence-corrected chi connectivity index (χ0v) is 14.9. The van der Waals surface area contributed by atoms with E-state index in [9.17, 15) is 4.79 Å². The van der Waals surface area contributed by atoms with Gasteiger partial charge in [-0.3, -0.25) is 10.1 Å². The second kappa shape index (κ2) is 8.78. The molecule has 0 radical (unpaired) electrons. The van der Waals surface area contributed by atoms with Crippen LogP contribution in [0.3, 0.4) is 0 Å². The maximum Gasteiger partial charge on any atom is 0.233 e. The number of nitrogens with one attached hydrogen (secondary N) is 2. The van der Waals surface area contributed by atoms with E-state index in [1.54, 1.807) is 22.7 Å². The summed E-state index contributed by atoms with van der Waals surface area (Å²) in [6, 6.07) is 18.6. The monoisotopic (exact) mass is 356 g/mol. The van der Waals surface area contributed by atoms with Crippen LogP contribution in [-0.2, 0) is 11.2 Å². The number of amides is 1. The van der Waals surface area contributed by atoms with Gasteiger partial charge in [0.1, 0.15) is 0 Å². The topological polar surface area (TPSA) is 41.1 Å². The fourth-order valence-corrected chi connectivity index (χ4v) is 4.06. The molecule has 1 aromatic carbocycles. The number of carbonyl (C=O) groups is 1. The van der Waals surface area contributed by atoms with Crippen molar-refractivity contribution >= 4 is 28.6 Å². The molecule has 0 aliphatic carbocycles. The number of benzene rings is 1. The molecule has 2 N–H and O–H groups in total. The van der Waals surface area contributed by atoms with Gasteiger partial charge in [0.05, 0.1) is 12.6 Å². The van der Waals surface area contributed by atoms with Crippen molar-refractivity contribution in [1.29, 1.82) is 0 Å². The van der Waals surface area contributed by atoms with Crippen LogP contribution in [0.1, 0.15) is 21.4 Å². The first-order valence-corrected chi connectivity index (χ1v) is 9.69. The molecule has 3 rings (SSSR count). The van der Waals surface area contributed by atoms with Gasteiger partial charge in [-0.1, -0.05) is 42.5 Å². The normalized spacial score (nSPS) is 12.0. The van der Waals surface area contributed by atoms with Crippen LogP contribution in [0.4, 0.5) is 0 Å². The average molecular weight is 357 g/mol. The van der Waals surface area contributed by atoms with Crippen LogP contribution in [0, 0.1) is 0 Å². The van der Waals surface area contributed by atoms with Gasteiger partial charge in [0.25, 0.3) is 0 Å². The molecule has 124 valence electrons. The summed E-state index contributed by atoms with van der Waals surface area (Å²) < 4.78 is 0. The Kier molecular flexibility index (Phi) is 6.18. The van der Waals surface area contributed by atoms with Gasteiger partial charge < -0.3 is 5.32 Å². The Bertz CT molecular complexity index is 724. The molecule has 5 heteroatoms. The molecule has 0 aliphatic rings. The zero-order valence-electron chi connectivity index (χ0n) is 13.3. The molecule has 0 aliphatic heterocycles. The Morgan fingerprint density at radius 3 is 2.46 bits per heavy atom. The van der Waals surface area contributed by atoms with Crippen molar-refractivity contribution in [3.63, 3.8) is 0 Å². The summed E-state index contributed by atoms with van der Waals surface area (Å²) in [5.41, 5.74) is 1.17. The second-order valence-electron chi connectivity index (χ2n) is 5.42. The Hall–Kier alpha value is -1.95. The molecule has 3 nitrogen and oxygen atoms in total. The molecule has 0 bridgehead atoms. The summed E-state index contributed by atoms with van der Waals surface area (Å²) >= 11 is 3.42. The predicted molar refractivity (Wildman–Crippen MR) is 102 cm³/mol. The highest BCUT2D eigenvalue weighted by Crippen LogP contribution is 2.25. The third-order valence-electron chi connectivity index (χ3n) is 3.70. The van der Waals surface area contributed by atoms with Crippen molar-refractivity contribution in [2.75, 3.05) is 13.1 Å². The fourth-order valence-electron chi connectivity index (χ4n) is 2.52. The first-order chi connectivity index (χ1) is 11.8. The smallest absolute Gasteiger partial charge is 0.233 e. The Balaban J connectivity index is 1.53. The molecule has 3 aromatic rings. The van der Waals surface area contributed by atoms with Crippen molar-refractivity contribution in [1.82, 2.24) is 10.6 Å². The molecule has 0 fully saturated rings. The Morgan fingerprint density at radius 2 is 1.75 bits per heavy atom. The molecule has 0 saturated heterocycles. The van der Waals surface area contributed by atoms with E-state index < -0.39 is 0 Å². The predicted octanol–water partition coefficient (Wildman–Crippen LogP) is 3.85. The lowest BCUT2D eigenvalue weighted by Crippen LogP contribution is -2.36. The van der Waals surface area contributed by atoms with Crippen molar-refractivity contribution in [2.24, 2.45) is 0 Å². The van der Waals surface area contributed by atoms with Crippen LogP contribution in [0.5, 0.6) is 0 Å². The SMILES string of the molecule is O=C(CN[C@@H](c1ccccc1)c1cccs1)NCCc1cccs1. The molecule has 0 saturated carbocycles. The molecule has 2 aromatic heterocycles. The van der Waals surface area contributed by atoms with E-state index in [0.717, 1.165) is 6.42 Å². The largest absolute Gasteiger partial charge is 0.355 e. The summed E-state index contributed by atoms with van der Waals surface area (Å²) in [6.45, 7) is 0.984. The molecule has 2 heterocycles. The third-order valence-corrected chi connectivity index (χ3v) is 5.57.